The smallest absolute Gasteiger partial charge is 0.0628 e. The van der Waals surface area contributed by atoms with Gasteiger partial charge in [-0.2, -0.15) is 5.10 Å². The van der Waals surface area contributed by atoms with E-state index in [9.17, 15) is 5.11 Å². The second kappa shape index (κ2) is 6.32. The Bertz CT molecular complexity index is 541. The zero-order valence-electron chi connectivity index (χ0n) is 11.1. The van der Waals surface area contributed by atoms with Crippen LogP contribution in [0.15, 0.2) is 41.1 Å². The van der Waals surface area contributed by atoms with Crippen LogP contribution < -0.4 is 0 Å². The van der Waals surface area contributed by atoms with Crippen molar-refractivity contribution < 1.29 is 5.11 Å². The van der Waals surface area contributed by atoms with Crippen LogP contribution in [0.2, 0.25) is 0 Å². The number of halogens is 1. The van der Waals surface area contributed by atoms with Crippen LogP contribution in [0.1, 0.15) is 17.2 Å². The molecule has 4 nitrogen and oxygen atoms in total. The van der Waals surface area contributed by atoms with Crippen LogP contribution in [-0.2, 0) is 13.6 Å². The second-order valence-corrected chi connectivity index (χ2v) is 5.61. The zero-order chi connectivity index (χ0) is 13.8. The molecule has 1 aromatic carbocycles. The Balaban J connectivity index is 2.12. The number of hydrogen-bond acceptors (Lipinski definition) is 3. The molecule has 5 heteroatoms. The fourth-order valence-corrected chi connectivity index (χ4v) is 2.58. The summed E-state index contributed by atoms with van der Waals surface area (Å²) in [5.74, 6) is 0. The lowest BCUT2D eigenvalue weighted by Crippen LogP contribution is -2.26. The third-order valence-corrected chi connectivity index (χ3v) is 3.62. The number of aryl methyl sites for hydroxylation is 1. The van der Waals surface area contributed by atoms with Crippen LogP contribution in [0.25, 0.3) is 0 Å². The summed E-state index contributed by atoms with van der Waals surface area (Å²) < 4.78 is 2.81. The van der Waals surface area contributed by atoms with Crippen LogP contribution in [0.5, 0.6) is 0 Å². The summed E-state index contributed by atoms with van der Waals surface area (Å²) in [5, 5.41) is 13.8. The molecule has 0 radical (unpaired) electrons. The molecule has 0 saturated heterocycles. The van der Waals surface area contributed by atoms with E-state index in [1.807, 2.05) is 50.8 Å². The fraction of sp³-hybridized carbons (Fsp3) is 0.357. The topological polar surface area (TPSA) is 41.3 Å². The molecule has 102 valence electrons. The Morgan fingerprint density at radius 2 is 2.26 bits per heavy atom. The summed E-state index contributed by atoms with van der Waals surface area (Å²) >= 11 is 3.47. The van der Waals surface area contributed by atoms with Gasteiger partial charge in [0.15, 0.2) is 0 Å². The van der Waals surface area contributed by atoms with Crippen LogP contribution >= 0.6 is 15.9 Å². The van der Waals surface area contributed by atoms with Crippen LogP contribution in [-0.4, -0.2) is 33.4 Å². The van der Waals surface area contributed by atoms with Crippen LogP contribution in [0, 0.1) is 0 Å². The number of hydrogen-bond donors (Lipinski definition) is 1. The molecule has 1 aromatic heterocycles. The molecular weight excluding hydrogens is 306 g/mol. The molecule has 0 fully saturated rings. The molecule has 0 aliphatic carbocycles. The molecule has 2 aromatic rings. The molecule has 1 heterocycles. The third-order valence-electron chi connectivity index (χ3n) is 3.13. The van der Waals surface area contributed by atoms with E-state index in [2.05, 4.69) is 25.9 Å². The van der Waals surface area contributed by atoms with Crippen molar-refractivity contribution in [3.05, 3.63) is 52.3 Å². The maximum absolute atomic E-state index is 9.65. The Labute approximate surface area is 121 Å². The first-order valence-corrected chi connectivity index (χ1v) is 6.93. The lowest BCUT2D eigenvalue weighted by molar-refractivity contribution is 0.142. The van der Waals surface area contributed by atoms with Crippen LogP contribution in [0.4, 0.5) is 0 Å². The van der Waals surface area contributed by atoms with E-state index in [4.69, 9.17) is 0 Å². The van der Waals surface area contributed by atoms with E-state index >= 15 is 0 Å². The maximum atomic E-state index is 9.65. The number of aromatic nitrogens is 2. The van der Waals surface area contributed by atoms with Gasteiger partial charge >= 0.3 is 0 Å². The minimum absolute atomic E-state index is 0.0160. The number of rotatable bonds is 5. The van der Waals surface area contributed by atoms with Crippen LogP contribution in [0.3, 0.4) is 0 Å². The number of aliphatic hydroxyl groups is 1. The van der Waals surface area contributed by atoms with Crippen molar-refractivity contribution in [1.82, 2.24) is 14.7 Å². The third kappa shape index (κ3) is 3.65. The molecule has 0 bridgehead atoms. The summed E-state index contributed by atoms with van der Waals surface area (Å²) in [5.41, 5.74) is 2.24. The van der Waals surface area contributed by atoms with Crippen molar-refractivity contribution in [2.75, 3.05) is 13.7 Å². The first kappa shape index (κ1) is 14.2. The van der Waals surface area contributed by atoms with E-state index in [1.165, 1.54) is 0 Å². The van der Waals surface area contributed by atoms with E-state index in [0.717, 1.165) is 22.1 Å². The van der Waals surface area contributed by atoms with Gasteiger partial charge in [0.05, 0.1) is 18.8 Å². The molecule has 0 spiro atoms. The van der Waals surface area contributed by atoms with Crippen molar-refractivity contribution in [1.29, 1.82) is 0 Å². The largest absolute Gasteiger partial charge is 0.394 e. The maximum Gasteiger partial charge on any atom is 0.0628 e. The monoisotopic (exact) mass is 323 g/mol. The Morgan fingerprint density at radius 3 is 2.84 bits per heavy atom. The predicted molar refractivity (Wildman–Crippen MR) is 78.6 cm³/mol. The lowest BCUT2D eigenvalue weighted by atomic mass is 10.1. The predicted octanol–water partition coefficient (Wildman–Crippen LogP) is 2.35. The van der Waals surface area contributed by atoms with Gasteiger partial charge in [-0.1, -0.05) is 28.1 Å². The van der Waals surface area contributed by atoms with Crippen molar-refractivity contribution in [2.24, 2.45) is 7.05 Å². The van der Waals surface area contributed by atoms with E-state index in [1.54, 1.807) is 4.68 Å². The van der Waals surface area contributed by atoms with Gasteiger partial charge in [0, 0.05) is 29.8 Å². The van der Waals surface area contributed by atoms with Crippen molar-refractivity contribution >= 4 is 15.9 Å². The quantitative estimate of drug-likeness (QED) is 0.918. The molecule has 0 aliphatic heterocycles. The highest BCUT2D eigenvalue weighted by molar-refractivity contribution is 9.10. The SMILES string of the molecule is CN(Cc1cnn(C)c1)[C@H](CO)c1cccc(Br)c1. The highest BCUT2D eigenvalue weighted by Gasteiger charge is 2.17. The Kier molecular flexibility index (Phi) is 4.74. The first-order chi connectivity index (χ1) is 9.10. The normalized spacial score (nSPS) is 12.9. The number of benzene rings is 1. The molecule has 1 atom stereocenters. The van der Waals surface area contributed by atoms with E-state index in [-0.39, 0.29) is 12.6 Å². The molecule has 19 heavy (non-hydrogen) atoms. The van der Waals surface area contributed by atoms with E-state index in [0.29, 0.717) is 0 Å². The highest BCUT2D eigenvalue weighted by Crippen LogP contribution is 2.23. The van der Waals surface area contributed by atoms with Gasteiger partial charge in [0.25, 0.3) is 0 Å². The molecular formula is C14H18BrN3O. The number of likely N-dealkylation sites (N-methyl/N-ethyl adjacent to an activating group) is 1. The average Bonchev–Trinajstić information content (AvgIpc) is 2.75. The Morgan fingerprint density at radius 1 is 1.47 bits per heavy atom. The summed E-state index contributed by atoms with van der Waals surface area (Å²) in [7, 11) is 3.91. The van der Waals surface area contributed by atoms with Gasteiger partial charge in [-0.3, -0.25) is 9.58 Å². The molecule has 0 aliphatic rings. The molecule has 1 N–H and O–H groups in total. The summed E-state index contributed by atoms with van der Waals surface area (Å²) in [6, 6.07) is 8.03. The zero-order valence-corrected chi connectivity index (χ0v) is 12.7. The molecule has 2 rings (SSSR count). The minimum atomic E-state index is -0.0160. The standard InChI is InChI=1S/C14H18BrN3O/c1-17(8-11-7-16-18(2)9-11)14(10-19)12-4-3-5-13(15)6-12/h3-7,9,14,19H,8,10H2,1-2H3/t14-/m1/s1. The first-order valence-electron chi connectivity index (χ1n) is 6.14. The van der Waals surface area contributed by atoms with Gasteiger partial charge in [0.1, 0.15) is 0 Å². The van der Waals surface area contributed by atoms with Gasteiger partial charge in [-0.25, -0.2) is 0 Å². The number of nitrogens with zero attached hydrogens (tertiary/aromatic N) is 3. The highest BCUT2D eigenvalue weighted by atomic mass is 79.9. The average molecular weight is 324 g/mol. The van der Waals surface area contributed by atoms with E-state index < -0.39 is 0 Å². The van der Waals surface area contributed by atoms with Gasteiger partial charge in [-0.15, -0.1) is 0 Å². The summed E-state index contributed by atoms with van der Waals surface area (Å²) in [4.78, 5) is 2.12. The van der Waals surface area contributed by atoms with Gasteiger partial charge in [0.2, 0.25) is 0 Å². The van der Waals surface area contributed by atoms with Crippen molar-refractivity contribution in [3.8, 4) is 0 Å². The molecule has 0 amide bonds. The van der Waals surface area contributed by atoms with Crippen molar-refractivity contribution in [2.45, 2.75) is 12.6 Å². The van der Waals surface area contributed by atoms with Gasteiger partial charge < -0.3 is 5.11 Å². The lowest BCUT2D eigenvalue weighted by Gasteiger charge is -2.26. The minimum Gasteiger partial charge on any atom is -0.394 e. The summed E-state index contributed by atoms with van der Waals surface area (Å²) in [6.45, 7) is 0.846. The molecule has 0 unspecified atom stereocenters. The summed E-state index contributed by atoms with van der Waals surface area (Å²) in [6.07, 6.45) is 3.84. The number of aliphatic hydroxyl groups excluding tert-OH is 1. The Hall–Kier alpha value is -1.17. The molecule has 0 saturated carbocycles. The van der Waals surface area contributed by atoms with Gasteiger partial charge in [-0.05, 0) is 24.7 Å². The van der Waals surface area contributed by atoms with Crippen molar-refractivity contribution in [3.63, 3.8) is 0 Å². The second-order valence-electron chi connectivity index (χ2n) is 4.69. The fourth-order valence-electron chi connectivity index (χ4n) is 2.16.